The number of fused-ring (bicyclic) bond motifs is 1. The molecule has 2 fully saturated rings. The highest BCUT2D eigenvalue weighted by Gasteiger charge is 2.37. The first-order valence-electron chi connectivity index (χ1n) is 6.77. The predicted octanol–water partition coefficient (Wildman–Crippen LogP) is 1.95. The van der Waals surface area contributed by atoms with E-state index in [-0.39, 0.29) is 5.69 Å². The van der Waals surface area contributed by atoms with Gasteiger partial charge in [0, 0.05) is 24.7 Å². The Morgan fingerprint density at radius 1 is 1.47 bits per heavy atom. The Hall–Kier alpha value is -1.69. The summed E-state index contributed by atoms with van der Waals surface area (Å²) >= 11 is 0. The summed E-state index contributed by atoms with van der Waals surface area (Å²) in [7, 11) is 0. The van der Waals surface area contributed by atoms with Gasteiger partial charge in [-0.1, -0.05) is 0 Å². The minimum absolute atomic E-state index is 0.0527. The number of nitro groups is 1. The predicted molar refractivity (Wildman–Crippen MR) is 72.3 cm³/mol. The third kappa shape index (κ3) is 2.28. The lowest BCUT2D eigenvalue weighted by Gasteiger charge is -2.22. The van der Waals surface area contributed by atoms with Crippen LogP contribution in [0.1, 0.15) is 24.8 Å². The van der Waals surface area contributed by atoms with Crippen LogP contribution in [0.5, 0.6) is 0 Å². The Balaban J connectivity index is 1.75. The highest BCUT2D eigenvalue weighted by atomic mass is 16.6. The molecule has 2 aliphatic heterocycles. The number of hydrogen-bond acceptors (Lipinski definition) is 5. The fourth-order valence-corrected chi connectivity index (χ4v) is 3.24. The SMILES string of the molecule is Cc1cc([N+](=O)[O-])cnc1NC1CCN2CCCC12. The third-order valence-corrected chi connectivity index (χ3v) is 4.20. The van der Waals surface area contributed by atoms with E-state index in [1.54, 1.807) is 6.07 Å². The van der Waals surface area contributed by atoms with Gasteiger partial charge in [0.1, 0.15) is 12.0 Å². The zero-order chi connectivity index (χ0) is 13.4. The smallest absolute Gasteiger partial charge is 0.287 e. The van der Waals surface area contributed by atoms with Crippen molar-refractivity contribution in [2.75, 3.05) is 18.4 Å². The van der Waals surface area contributed by atoms with Crippen LogP contribution in [-0.4, -0.2) is 40.0 Å². The maximum atomic E-state index is 10.7. The molecule has 0 aliphatic carbocycles. The number of aromatic nitrogens is 1. The monoisotopic (exact) mass is 262 g/mol. The Morgan fingerprint density at radius 2 is 2.32 bits per heavy atom. The van der Waals surface area contributed by atoms with Crippen molar-refractivity contribution in [3.05, 3.63) is 27.9 Å². The highest BCUT2D eigenvalue weighted by molar-refractivity contribution is 5.49. The van der Waals surface area contributed by atoms with Crippen molar-refractivity contribution < 1.29 is 4.92 Å². The molecule has 6 heteroatoms. The van der Waals surface area contributed by atoms with E-state index >= 15 is 0 Å². The molecule has 0 amide bonds. The van der Waals surface area contributed by atoms with E-state index in [0.717, 1.165) is 24.3 Å². The Labute approximate surface area is 112 Å². The molecule has 0 aromatic carbocycles. The highest BCUT2D eigenvalue weighted by Crippen LogP contribution is 2.30. The molecule has 0 saturated carbocycles. The van der Waals surface area contributed by atoms with Gasteiger partial charge in [0.05, 0.1) is 4.92 Å². The summed E-state index contributed by atoms with van der Waals surface area (Å²) in [5.74, 6) is 0.782. The van der Waals surface area contributed by atoms with Crippen molar-refractivity contribution >= 4 is 11.5 Å². The lowest BCUT2D eigenvalue weighted by Crippen LogP contribution is -2.34. The van der Waals surface area contributed by atoms with E-state index in [0.29, 0.717) is 12.1 Å². The van der Waals surface area contributed by atoms with Gasteiger partial charge >= 0.3 is 0 Å². The van der Waals surface area contributed by atoms with Gasteiger partial charge in [-0.25, -0.2) is 4.98 Å². The molecule has 3 heterocycles. The van der Waals surface area contributed by atoms with Crippen LogP contribution < -0.4 is 5.32 Å². The topological polar surface area (TPSA) is 71.3 Å². The zero-order valence-corrected chi connectivity index (χ0v) is 11.0. The molecule has 2 unspecified atom stereocenters. The Morgan fingerprint density at radius 3 is 3.05 bits per heavy atom. The van der Waals surface area contributed by atoms with Crippen LogP contribution in [0.4, 0.5) is 11.5 Å². The largest absolute Gasteiger partial charge is 0.365 e. The number of anilines is 1. The summed E-state index contributed by atoms with van der Waals surface area (Å²) in [6.45, 7) is 4.22. The standard InChI is InChI=1S/C13H18N4O2/c1-9-7-10(17(18)19)8-14-13(9)15-11-4-6-16-5-2-3-12(11)16/h7-8,11-12H,2-6H2,1H3,(H,14,15). The average molecular weight is 262 g/mol. The van der Waals surface area contributed by atoms with Crippen LogP contribution in [0.2, 0.25) is 0 Å². The molecule has 1 aromatic heterocycles. The molecule has 0 bridgehead atoms. The fraction of sp³-hybridized carbons (Fsp3) is 0.615. The summed E-state index contributed by atoms with van der Waals surface area (Å²) in [6, 6.07) is 2.61. The molecule has 3 rings (SSSR count). The van der Waals surface area contributed by atoms with Crippen molar-refractivity contribution in [3.8, 4) is 0 Å². The summed E-state index contributed by atoms with van der Waals surface area (Å²) < 4.78 is 0. The van der Waals surface area contributed by atoms with Gasteiger partial charge in [-0.05, 0) is 38.3 Å². The number of pyridine rings is 1. The minimum Gasteiger partial charge on any atom is -0.365 e. The van der Waals surface area contributed by atoms with E-state index in [2.05, 4.69) is 15.2 Å². The first-order valence-corrected chi connectivity index (χ1v) is 6.77. The second kappa shape index (κ2) is 4.77. The van der Waals surface area contributed by atoms with Gasteiger partial charge < -0.3 is 5.32 Å². The molecule has 1 aromatic rings. The number of rotatable bonds is 3. The summed E-state index contributed by atoms with van der Waals surface area (Å²) in [4.78, 5) is 17.0. The van der Waals surface area contributed by atoms with Gasteiger partial charge in [0.15, 0.2) is 0 Å². The van der Waals surface area contributed by atoms with Gasteiger partial charge in [-0.15, -0.1) is 0 Å². The molecule has 6 nitrogen and oxygen atoms in total. The normalized spacial score (nSPS) is 26.4. The maximum absolute atomic E-state index is 10.7. The number of nitrogens with zero attached hydrogens (tertiary/aromatic N) is 3. The molecular weight excluding hydrogens is 244 g/mol. The summed E-state index contributed by atoms with van der Waals surface area (Å²) in [5.41, 5.74) is 0.891. The molecule has 2 aliphatic rings. The molecule has 1 N–H and O–H groups in total. The lowest BCUT2D eigenvalue weighted by atomic mass is 10.1. The maximum Gasteiger partial charge on any atom is 0.287 e. The molecule has 19 heavy (non-hydrogen) atoms. The summed E-state index contributed by atoms with van der Waals surface area (Å²) in [5, 5.41) is 14.2. The van der Waals surface area contributed by atoms with E-state index in [9.17, 15) is 10.1 Å². The van der Waals surface area contributed by atoms with Crippen molar-refractivity contribution in [3.63, 3.8) is 0 Å². The van der Waals surface area contributed by atoms with Gasteiger partial charge in [-0.3, -0.25) is 15.0 Å². The Bertz CT molecular complexity index is 505. The fourth-order valence-electron chi connectivity index (χ4n) is 3.24. The first kappa shape index (κ1) is 12.3. The molecule has 0 radical (unpaired) electrons. The number of aryl methyl sites for hydroxylation is 1. The zero-order valence-electron chi connectivity index (χ0n) is 11.0. The van der Waals surface area contributed by atoms with Gasteiger partial charge in [-0.2, -0.15) is 0 Å². The van der Waals surface area contributed by atoms with Crippen molar-refractivity contribution in [1.29, 1.82) is 0 Å². The van der Waals surface area contributed by atoms with E-state index in [1.807, 2.05) is 6.92 Å². The second-order valence-corrected chi connectivity index (χ2v) is 5.40. The molecule has 102 valence electrons. The van der Waals surface area contributed by atoms with E-state index in [4.69, 9.17) is 0 Å². The van der Waals surface area contributed by atoms with Crippen LogP contribution in [0, 0.1) is 17.0 Å². The van der Waals surface area contributed by atoms with Crippen LogP contribution >= 0.6 is 0 Å². The second-order valence-electron chi connectivity index (χ2n) is 5.40. The molecule has 2 atom stereocenters. The van der Waals surface area contributed by atoms with Gasteiger partial charge in [0.25, 0.3) is 5.69 Å². The van der Waals surface area contributed by atoms with E-state index in [1.165, 1.54) is 25.6 Å². The quantitative estimate of drug-likeness (QED) is 0.666. The molecule has 2 saturated heterocycles. The van der Waals surface area contributed by atoms with Crippen molar-refractivity contribution in [2.24, 2.45) is 0 Å². The molecule has 0 spiro atoms. The molecular formula is C13H18N4O2. The van der Waals surface area contributed by atoms with Crippen LogP contribution in [0.3, 0.4) is 0 Å². The van der Waals surface area contributed by atoms with Gasteiger partial charge in [0.2, 0.25) is 0 Å². The van der Waals surface area contributed by atoms with Crippen LogP contribution in [0.25, 0.3) is 0 Å². The lowest BCUT2D eigenvalue weighted by molar-refractivity contribution is -0.385. The van der Waals surface area contributed by atoms with Crippen LogP contribution in [-0.2, 0) is 0 Å². The summed E-state index contributed by atoms with van der Waals surface area (Å²) in [6.07, 6.45) is 4.97. The van der Waals surface area contributed by atoms with Crippen molar-refractivity contribution in [2.45, 2.75) is 38.3 Å². The third-order valence-electron chi connectivity index (χ3n) is 4.20. The van der Waals surface area contributed by atoms with E-state index < -0.39 is 4.92 Å². The number of hydrogen-bond donors (Lipinski definition) is 1. The first-order chi connectivity index (χ1) is 9.15. The number of nitrogens with one attached hydrogen (secondary N) is 1. The van der Waals surface area contributed by atoms with Crippen LogP contribution in [0.15, 0.2) is 12.3 Å². The van der Waals surface area contributed by atoms with Crippen molar-refractivity contribution in [1.82, 2.24) is 9.88 Å². The Kier molecular flexibility index (Phi) is 3.10. The average Bonchev–Trinajstić information content (AvgIpc) is 2.96. The minimum atomic E-state index is -0.405.